The number of benzene rings is 1. The molecule has 4 nitrogen and oxygen atoms in total. The third-order valence-corrected chi connectivity index (χ3v) is 2.58. The third-order valence-electron chi connectivity index (χ3n) is 2.58. The number of aryl methyl sites for hydroxylation is 1. The molecule has 0 saturated carbocycles. The maximum atomic E-state index is 11.6. The first-order chi connectivity index (χ1) is 8.86. The zero-order valence-electron chi connectivity index (χ0n) is 10.1. The van der Waals surface area contributed by atoms with E-state index in [4.69, 9.17) is 4.84 Å². The summed E-state index contributed by atoms with van der Waals surface area (Å²) < 4.78 is 0. The summed E-state index contributed by atoms with van der Waals surface area (Å²) in [6.45, 7) is 0.637. The fourth-order valence-electron chi connectivity index (χ4n) is 1.65. The molecule has 1 aliphatic heterocycles. The second kappa shape index (κ2) is 6.49. The lowest BCUT2D eigenvalue weighted by Crippen LogP contribution is -2.29. The number of hydroxylamine groups is 1. The fraction of sp³-hybridized carbons (Fsp3) is 0.214. The molecule has 2 N–H and O–H groups in total. The molecule has 1 aromatic rings. The van der Waals surface area contributed by atoms with Crippen LogP contribution in [-0.2, 0) is 16.1 Å². The number of allylic oxidation sites excluding steroid dienone is 2. The van der Waals surface area contributed by atoms with Gasteiger partial charge in [-0.05, 0) is 30.6 Å². The van der Waals surface area contributed by atoms with E-state index < -0.39 is 0 Å². The summed E-state index contributed by atoms with van der Waals surface area (Å²) >= 11 is 0. The van der Waals surface area contributed by atoms with E-state index in [1.54, 1.807) is 18.4 Å². The van der Waals surface area contributed by atoms with Crippen molar-refractivity contribution in [3.05, 3.63) is 60.0 Å². The molecule has 0 radical (unpaired) electrons. The predicted octanol–water partition coefficient (Wildman–Crippen LogP) is 1.67. The molecule has 0 atom stereocenters. The van der Waals surface area contributed by atoms with Gasteiger partial charge in [-0.2, -0.15) is 0 Å². The van der Waals surface area contributed by atoms with Crippen LogP contribution in [0.4, 0.5) is 0 Å². The van der Waals surface area contributed by atoms with Crippen molar-refractivity contribution in [3.63, 3.8) is 0 Å². The molecular formula is C14H16N2O2. The number of rotatable bonds is 5. The van der Waals surface area contributed by atoms with Crippen LogP contribution >= 0.6 is 0 Å². The molecule has 1 aliphatic rings. The van der Waals surface area contributed by atoms with Crippen LogP contribution in [0.3, 0.4) is 0 Å². The maximum Gasteiger partial charge on any atom is 0.289 e. The third kappa shape index (κ3) is 3.66. The van der Waals surface area contributed by atoms with E-state index in [0.29, 0.717) is 6.54 Å². The zero-order chi connectivity index (χ0) is 12.6. The number of carbonyl (C=O) groups is 1. The summed E-state index contributed by atoms with van der Waals surface area (Å²) in [5.41, 5.74) is 3.80. The molecule has 1 heterocycles. The molecule has 4 heteroatoms. The molecule has 94 valence electrons. The van der Waals surface area contributed by atoms with Gasteiger partial charge in [0.2, 0.25) is 5.76 Å². The molecule has 0 saturated heterocycles. The smallest absolute Gasteiger partial charge is 0.289 e. The van der Waals surface area contributed by atoms with E-state index >= 15 is 0 Å². The quantitative estimate of drug-likeness (QED) is 0.775. The first kappa shape index (κ1) is 12.2. The van der Waals surface area contributed by atoms with Gasteiger partial charge in [-0.3, -0.25) is 4.79 Å². The minimum absolute atomic E-state index is 0.195. The van der Waals surface area contributed by atoms with Crippen molar-refractivity contribution in [1.82, 2.24) is 10.8 Å². The Kier molecular flexibility index (Phi) is 4.41. The first-order valence-electron chi connectivity index (χ1n) is 5.97. The Bertz CT molecular complexity index is 452. The Balaban J connectivity index is 1.68. The van der Waals surface area contributed by atoms with Crippen LogP contribution in [0.2, 0.25) is 0 Å². The second-order valence-electron chi connectivity index (χ2n) is 3.96. The molecule has 0 unspecified atom stereocenters. The lowest BCUT2D eigenvalue weighted by molar-refractivity contribution is -0.121. The summed E-state index contributed by atoms with van der Waals surface area (Å²) in [5, 5.41) is 2.82. The van der Waals surface area contributed by atoms with Gasteiger partial charge >= 0.3 is 0 Å². The van der Waals surface area contributed by atoms with Crippen LogP contribution < -0.4 is 10.8 Å². The Labute approximate surface area is 106 Å². The highest BCUT2D eigenvalue weighted by Gasteiger charge is 2.11. The molecule has 0 spiro atoms. The number of hydrogen-bond donors (Lipinski definition) is 2. The van der Waals surface area contributed by atoms with Crippen LogP contribution in [-0.4, -0.2) is 12.5 Å². The van der Waals surface area contributed by atoms with E-state index in [1.165, 1.54) is 5.56 Å². The predicted molar refractivity (Wildman–Crippen MR) is 69.2 cm³/mol. The van der Waals surface area contributed by atoms with Crippen molar-refractivity contribution >= 4 is 5.91 Å². The Morgan fingerprint density at radius 3 is 2.83 bits per heavy atom. The van der Waals surface area contributed by atoms with Crippen LogP contribution in [0.25, 0.3) is 0 Å². The van der Waals surface area contributed by atoms with Gasteiger partial charge in [-0.15, -0.1) is 0 Å². The van der Waals surface area contributed by atoms with Gasteiger partial charge in [-0.25, -0.2) is 5.48 Å². The minimum atomic E-state index is -0.195. The zero-order valence-corrected chi connectivity index (χ0v) is 10.1. The van der Waals surface area contributed by atoms with E-state index in [1.807, 2.05) is 18.2 Å². The molecule has 0 aromatic heterocycles. The van der Waals surface area contributed by atoms with Crippen molar-refractivity contribution in [2.24, 2.45) is 0 Å². The lowest BCUT2D eigenvalue weighted by Gasteiger charge is -2.11. The summed E-state index contributed by atoms with van der Waals surface area (Å²) in [7, 11) is 0. The van der Waals surface area contributed by atoms with Crippen molar-refractivity contribution in [3.8, 4) is 0 Å². The van der Waals surface area contributed by atoms with Gasteiger partial charge < -0.3 is 10.2 Å². The number of nitrogens with one attached hydrogen (secondary N) is 2. The molecule has 0 bridgehead atoms. The average molecular weight is 244 g/mol. The molecule has 18 heavy (non-hydrogen) atoms. The van der Waals surface area contributed by atoms with Crippen LogP contribution in [0.5, 0.6) is 0 Å². The highest BCUT2D eigenvalue weighted by molar-refractivity contribution is 5.91. The Hall–Kier alpha value is -2.23. The summed E-state index contributed by atoms with van der Waals surface area (Å²) in [5.74, 6) is 0.0946. The van der Waals surface area contributed by atoms with E-state index in [9.17, 15) is 4.79 Å². The van der Waals surface area contributed by atoms with Crippen LogP contribution in [0.1, 0.15) is 12.0 Å². The summed E-state index contributed by atoms with van der Waals surface area (Å²) in [4.78, 5) is 16.6. The van der Waals surface area contributed by atoms with Gasteiger partial charge in [0.15, 0.2) is 0 Å². The lowest BCUT2D eigenvalue weighted by atomic mass is 10.1. The van der Waals surface area contributed by atoms with Gasteiger partial charge in [0.25, 0.3) is 5.91 Å². The van der Waals surface area contributed by atoms with Crippen LogP contribution in [0, 0.1) is 0 Å². The number of hydrogen-bond acceptors (Lipinski definition) is 3. The SMILES string of the molecule is O=C(NCCCc1ccccc1)C1=CC=CNO1. The highest BCUT2D eigenvalue weighted by atomic mass is 16.7. The summed E-state index contributed by atoms with van der Waals surface area (Å²) in [6.07, 6.45) is 6.84. The number of amides is 1. The Morgan fingerprint density at radius 2 is 2.11 bits per heavy atom. The minimum Gasteiger partial charge on any atom is -0.377 e. The highest BCUT2D eigenvalue weighted by Crippen LogP contribution is 2.03. The second-order valence-corrected chi connectivity index (χ2v) is 3.96. The topological polar surface area (TPSA) is 50.4 Å². The monoisotopic (exact) mass is 244 g/mol. The summed E-state index contributed by atoms with van der Waals surface area (Å²) in [6, 6.07) is 10.2. The largest absolute Gasteiger partial charge is 0.377 e. The molecular weight excluding hydrogens is 228 g/mol. The standard InChI is InChI=1S/C14H16N2O2/c17-14(13-9-5-11-16-18-13)15-10-4-8-12-6-2-1-3-7-12/h1-3,5-7,9,11,16H,4,8,10H2,(H,15,17). The van der Waals surface area contributed by atoms with Gasteiger partial charge in [0, 0.05) is 12.7 Å². The van der Waals surface area contributed by atoms with Crippen molar-refractivity contribution in [2.45, 2.75) is 12.8 Å². The average Bonchev–Trinajstić information content (AvgIpc) is 2.45. The molecule has 0 aliphatic carbocycles. The van der Waals surface area contributed by atoms with Gasteiger partial charge in [-0.1, -0.05) is 30.3 Å². The normalized spacial score (nSPS) is 13.2. The molecule has 1 amide bonds. The van der Waals surface area contributed by atoms with Crippen molar-refractivity contribution in [2.75, 3.05) is 6.54 Å². The molecule has 1 aromatic carbocycles. The van der Waals surface area contributed by atoms with Crippen molar-refractivity contribution in [1.29, 1.82) is 0 Å². The molecule has 0 fully saturated rings. The number of carbonyl (C=O) groups excluding carboxylic acids is 1. The fourth-order valence-corrected chi connectivity index (χ4v) is 1.65. The van der Waals surface area contributed by atoms with E-state index in [0.717, 1.165) is 12.8 Å². The maximum absolute atomic E-state index is 11.6. The van der Waals surface area contributed by atoms with Crippen molar-refractivity contribution < 1.29 is 9.63 Å². The van der Waals surface area contributed by atoms with E-state index in [2.05, 4.69) is 22.9 Å². The first-order valence-corrected chi connectivity index (χ1v) is 5.97. The van der Waals surface area contributed by atoms with Gasteiger partial charge in [0.1, 0.15) is 0 Å². The van der Waals surface area contributed by atoms with Crippen LogP contribution in [0.15, 0.2) is 54.4 Å². The van der Waals surface area contributed by atoms with E-state index in [-0.39, 0.29) is 11.7 Å². The Morgan fingerprint density at radius 1 is 1.28 bits per heavy atom. The van der Waals surface area contributed by atoms with Gasteiger partial charge in [0.05, 0.1) is 0 Å². The molecule has 2 rings (SSSR count).